The van der Waals surface area contributed by atoms with Crippen LogP contribution >= 0.6 is 0 Å². The summed E-state index contributed by atoms with van der Waals surface area (Å²) < 4.78 is 0. The van der Waals surface area contributed by atoms with Crippen molar-refractivity contribution in [3.05, 3.63) is 0 Å². The van der Waals surface area contributed by atoms with Crippen LogP contribution in [0.1, 0.15) is 13.3 Å². The second-order valence-electron chi connectivity index (χ2n) is 2.85. The van der Waals surface area contributed by atoms with Gasteiger partial charge in [0.05, 0.1) is 12.7 Å². The van der Waals surface area contributed by atoms with Gasteiger partial charge in [-0.2, -0.15) is 0 Å². The predicted molar refractivity (Wildman–Crippen MR) is 45.4 cm³/mol. The Morgan fingerprint density at radius 1 is 1.14 bits per heavy atom. The van der Waals surface area contributed by atoms with Crippen molar-refractivity contribution in [3.8, 4) is 0 Å². The quantitative estimate of drug-likeness (QED) is 0.360. The fraction of sp³-hybridized carbons (Fsp3) is 0.750. The molecule has 3 atom stereocenters. The first kappa shape index (κ1) is 13.2. The van der Waals surface area contributed by atoms with E-state index >= 15 is 0 Å². The van der Waals surface area contributed by atoms with Gasteiger partial charge in [0.1, 0.15) is 12.2 Å². The molecule has 0 aromatic carbocycles. The number of ketones is 2. The highest BCUT2D eigenvalue weighted by atomic mass is 16.3. The summed E-state index contributed by atoms with van der Waals surface area (Å²) in [6, 6.07) is 0. The SMILES string of the molecule is CCC(O)C(O)C(=O)C(=O)C(O)CO. The summed E-state index contributed by atoms with van der Waals surface area (Å²) in [6.45, 7) is 0.633. The van der Waals surface area contributed by atoms with E-state index < -0.39 is 36.5 Å². The molecule has 0 saturated carbocycles. The topological polar surface area (TPSA) is 115 Å². The summed E-state index contributed by atoms with van der Waals surface area (Å²) in [5.41, 5.74) is 0. The van der Waals surface area contributed by atoms with Gasteiger partial charge < -0.3 is 20.4 Å². The summed E-state index contributed by atoms with van der Waals surface area (Å²) in [4.78, 5) is 21.9. The first-order valence-corrected chi connectivity index (χ1v) is 4.18. The van der Waals surface area contributed by atoms with Gasteiger partial charge in [-0.3, -0.25) is 9.59 Å². The molecule has 6 heteroatoms. The number of hydrogen-bond donors (Lipinski definition) is 4. The van der Waals surface area contributed by atoms with Crippen molar-refractivity contribution in [2.24, 2.45) is 0 Å². The molecule has 0 amide bonds. The van der Waals surface area contributed by atoms with E-state index in [-0.39, 0.29) is 6.42 Å². The molecule has 6 nitrogen and oxygen atoms in total. The van der Waals surface area contributed by atoms with E-state index in [1.165, 1.54) is 6.92 Å². The van der Waals surface area contributed by atoms with Gasteiger partial charge in [-0.1, -0.05) is 6.92 Å². The maximum Gasteiger partial charge on any atom is 0.232 e. The number of aliphatic hydroxyl groups excluding tert-OH is 4. The van der Waals surface area contributed by atoms with Crippen LogP contribution in [0.5, 0.6) is 0 Å². The minimum atomic E-state index is -1.84. The van der Waals surface area contributed by atoms with Gasteiger partial charge in [-0.05, 0) is 6.42 Å². The molecule has 82 valence electrons. The van der Waals surface area contributed by atoms with Crippen molar-refractivity contribution >= 4 is 11.6 Å². The predicted octanol–water partition coefficient (Wildman–Crippen LogP) is -2.39. The fourth-order valence-corrected chi connectivity index (χ4v) is 0.791. The molecule has 0 heterocycles. The van der Waals surface area contributed by atoms with Gasteiger partial charge in [-0.25, -0.2) is 0 Å². The summed E-state index contributed by atoms with van der Waals surface area (Å²) in [7, 11) is 0. The van der Waals surface area contributed by atoms with Gasteiger partial charge >= 0.3 is 0 Å². The molecule has 3 unspecified atom stereocenters. The van der Waals surface area contributed by atoms with E-state index in [9.17, 15) is 9.59 Å². The van der Waals surface area contributed by atoms with Gasteiger partial charge in [0.2, 0.25) is 11.6 Å². The third kappa shape index (κ3) is 3.15. The van der Waals surface area contributed by atoms with Crippen molar-refractivity contribution in [2.45, 2.75) is 31.7 Å². The molecule has 0 aliphatic rings. The summed E-state index contributed by atoms with van der Waals surface area (Å²) in [5, 5.41) is 35.3. The van der Waals surface area contributed by atoms with Crippen LogP contribution in [-0.4, -0.2) is 56.9 Å². The van der Waals surface area contributed by atoms with E-state index in [4.69, 9.17) is 20.4 Å². The molecule has 0 aromatic heterocycles. The second-order valence-corrected chi connectivity index (χ2v) is 2.85. The maximum atomic E-state index is 11.0. The third-order valence-corrected chi connectivity index (χ3v) is 1.77. The Labute approximate surface area is 80.8 Å². The van der Waals surface area contributed by atoms with Crippen LogP contribution in [0.15, 0.2) is 0 Å². The molecule has 4 N–H and O–H groups in total. The molecule has 0 saturated heterocycles. The number of carbonyl (C=O) groups is 2. The smallest absolute Gasteiger partial charge is 0.232 e. The Kier molecular flexibility index (Phi) is 5.47. The Bertz CT molecular complexity index is 214. The fourth-order valence-electron chi connectivity index (χ4n) is 0.791. The van der Waals surface area contributed by atoms with E-state index in [1.54, 1.807) is 0 Å². The monoisotopic (exact) mass is 206 g/mol. The Hall–Kier alpha value is -0.820. The lowest BCUT2D eigenvalue weighted by Gasteiger charge is -2.15. The summed E-state index contributed by atoms with van der Waals surface area (Å²) in [5.74, 6) is -2.59. The van der Waals surface area contributed by atoms with Crippen LogP contribution in [-0.2, 0) is 9.59 Å². The number of aliphatic hydroxyl groups is 4. The highest BCUT2D eigenvalue weighted by Crippen LogP contribution is 2.02. The largest absolute Gasteiger partial charge is 0.393 e. The van der Waals surface area contributed by atoms with Crippen LogP contribution in [0.25, 0.3) is 0 Å². The van der Waals surface area contributed by atoms with Crippen LogP contribution in [0.3, 0.4) is 0 Å². The van der Waals surface area contributed by atoms with Crippen molar-refractivity contribution in [2.75, 3.05) is 6.61 Å². The van der Waals surface area contributed by atoms with Crippen LogP contribution < -0.4 is 0 Å². The molecule has 0 fully saturated rings. The van der Waals surface area contributed by atoms with E-state index in [0.29, 0.717) is 0 Å². The van der Waals surface area contributed by atoms with Crippen LogP contribution in [0, 0.1) is 0 Å². The first-order valence-electron chi connectivity index (χ1n) is 4.18. The van der Waals surface area contributed by atoms with E-state index in [2.05, 4.69) is 0 Å². The Balaban J connectivity index is 4.39. The molecule has 0 bridgehead atoms. The lowest BCUT2D eigenvalue weighted by Crippen LogP contribution is -2.43. The van der Waals surface area contributed by atoms with Crippen molar-refractivity contribution < 1.29 is 30.0 Å². The van der Waals surface area contributed by atoms with Crippen LogP contribution in [0.2, 0.25) is 0 Å². The normalized spacial score (nSPS) is 17.2. The zero-order valence-corrected chi connectivity index (χ0v) is 7.75. The molecule has 14 heavy (non-hydrogen) atoms. The zero-order chi connectivity index (χ0) is 11.3. The Morgan fingerprint density at radius 3 is 2.00 bits per heavy atom. The molecular formula is C8H14O6. The highest BCUT2D eigenvalue weighted by Gasteiger charge is 2.31. The van der Waals surface area contributed by atoms with Crippen LogP contribution in [0.4, 0.5) is 0 Å². The minimum absolute atomic E-state index is 0.107. The number of carbonyl (C=O) groups excluding carboxylic acids is 2. The van der Waals surface area contributed by atoms with E-state index in [1.807, 2.05) is 0 Å². The van der Waals surface area contributed by atoms with Crippen molar-refractivity contribution in [1.82, 2.24) is 0 Å². The summed E-state index contributed by atoms with van der Waals surface area (Å²) in [6.07, 6.45) is -4.90. The molecule has 0 aromatic rings. The Morgan fingerprint density at radius 2 is 1.64 bits per heavy atom. The average molecular weight is 206 g/mol. The van der Waals surface area contributed by atoms with E-state index in [0.717, 1.165) is 0 Å². The van der Waals surface area contributed by atoms with Gasteiger partial charge in [0.25, 0.3) is 0 Å². The molecular weight excluding hydrogens is 192 g/mol. The second kappa shape index (κ2) is 5.82. The standard InChI is InChI=1S/C8H14O6/c1-2-4(10)6(12)8(14)7(13)5(11)3-9/h4-6,9-12H,2-3H2,1H3. The molecule has 0 radical (unpaired) electrons. The van der Waals surface area contributed by atoms with Gasteiger partial charge in [-0.15, -0.1) is 0 Å². The average Bonchev–Trinajstić information content (AvgIpc) is 2.23. The minimum Gasteiger partial charge on any atom is -0.393 e. The zero-order valence-electron chi connectivity index (χ0n) is 7.75. The van der Waals surface area contributed by atoms with Gasteiger partial charge in [0, 0.05) is 0 Å². The molecule has 0 rings (SSSR count). The maximum absolute atomic E-state index is 11.0. The summed E-state index contributed by atoms with van der Waals surface area (Å²) >= 11 is 0. The molecule has 0 aliphatic heterocycles. The molecule has 0 aliphatic carbocycles. The first-order chi connectivity index (χ1) is 6.45. The lowest BCUT2D eigenvalue weighted by atomic mass is 10.0. The van der Waals surface area contributed by atoms with Crippen molar-refractivity contribution in [3.63, 3.8) is 0 Å². The number of Topliss-reactive ketones (excluding diaryl/α,β-unsaturated/α-hetero) is 2. The number of hydrogen-bond acceptors (Lipinski definition) is 6. The highest BCUT2D eigenvalue weighted by molar-refractivity contribution is 6.40. The lowest BCUT2D eigenvalue weighted by molar-refractivity contribution is -0.150. The van der Waals surface area contributed by atoms with Gasteiger partial charge in [0.15, 0.2) is 0 Å². The third-order valence-electron chi connectivity index (χ3n) is 1.77. The van der Waals surface area contributed by atoms with Crippen molar-refractivity contribution in [1.29, 1.82) is 0 Å². The number of rotatable bonds is 6. The molecule has 0 spiro atoms.